The minimum atomic E-state index is -0.717. The molecule has 3 aromatic heterocycles. The molecule has 0 spiro atoms. The Morgan fingerprint density at radius 1 is 1.17 bits per heavy atom. The fourth-order valence-corrected chi connectivity index (χ4v) is 5.65. The van der Waals surface area contributed by atoms with Gasteiger partial charge in [-0.1, -0.05) is 6.92 Å². The quantitative estimate of drug-likeness (QED) is 0.225. The van der Waals surface area contributed by atoms with Crippen LogP contribution >= 0.6 is 0 Å². The van der Waals surface area contributed by atoms with Crippen molar-refractivity contribution >= 4 is 17.2 Å². The monoisotopic (exact) mass is 575 g/mol. The van der Waals surface area contributed by atoms with Gasteiger partial charge < -0.3 is 20.5 Å². The lowest BCUT2D eigenvalue weighted by Gasteiger charge is -2.39. The van der Waals surface area contributed by atoms with Gasteiger partial charge in [-0.3, -0.25) is 4.98 Å². The van der Waals surface area contributed by atoms with Crippen LogP contribution < -0.4 is 11.1 Å². The molecular weight excluding hydrogens is 540 g/mol. The number of imidazole rings is 1. The van der Waals surface area contributed by atoms with Gasteiger partial charge in [-0.05, 0) is 80.0 Å². The number of nitriles is 1. The van der Waals surface area contributed by atoms with Crippen LogP contribution in [-0.4, -0.2) is 44.4 Å². The van der Waals surface area contributed by atoms with E-state index in [-0.39, 0.29) is 47.9 Å². The molecule has 0 saturated heterocycles. The zero-order valence-electron chi connectivity index (χ0n) is 23.9. The van der Waals surface area contributed by atoms with Gasteiger partial charge in [0, 0.05) is 12.2 Å². The fraction of sp³-hybridized carbons (Fsp3) is 0.419. The Morgan fingerprint density at radius 2 is 1.95 bits per heavy atom. The number of pyridine rings is 1. The number of fused-ring (bicyclic) bond motifs is 1. The highest BCUT2D eigenvalue weighted by molar-refractivity contribution is 5.66. The molecule has 0 amide bonds. The molecule has 4 aromatic rings. The number of rotatable bonds is 10. The molecule has 1 saturated carbocycles. The van der Waals surface area contributed by atoms with E-state index in [4.69, 9.17) is 20.5 Å². The first-order valence-electron chi connectivity index (χ1n) is 14.1. The van der Waals surface area contributed by atoms with Crippen molar-refractivity contribution in [3.05, 3.63) is 71.7 Å². The van der Waals surface area contributed by atoms with Crippen LogP contribution in [-0.2, 0) is 16.1 Å². The maximum Gasteiger partial charge on any atom is 0.229 e. The summed E-state index contributed by atoms with van der Waals surface area (Å²) in [7, 11) is 0. The van der Waals surface area contributed by atoms with Crippen LogP contribution in [0.2, 0.25) is 0 Å². The van der Waals surface area contributed by atoms with Gasteiger partial charge in [0.05, 0.1) is 72.8 Å². The van der Waals surface area contributed by atoms with Crippen molar-refractivity contribution in [1.29, 1.82) is 5.26 Å². The van der Waals surface area contributed by atoms with Crippen LogP contribution in [0.1, 0.15) is 57.1 Å². The third kappa shape index (κ3) is 6.41. The fourth-order valence-electron chi connectivity index (χ4n) is 5.65. The summed E-state index contributed by atoms with van der Waals surface area (Å²) in [5.74, 6) is -0.706. The van der Waals surface area contributed by atoms with E-state index in [1.807, 2.05) is 19.9 Å². The van der Waals surface area contributed by atoms with Crippen molar-refractivity contribution in [3.8, 4) is 17.3 Å². The molecule has 0 unspecified atom stereocenters. The van der Waals surface area contributed by atoms with Gasteiger partial charge in [-0.2, -0.15) is 14.9 Å². The first-order valence-corrected chi connectivity index (χ1v) is 14.1. The summed E-state index contributed by atoms with van der Waals surface area (Å²) >= 11 is 0. The van der Waals surface area contributed by atoms with Crippen LogP contribution in [0.3, 0.4) is 0 Å². The van der Waals surface area contributed by atoms with E-state index in [9.17, 15) is 0 Å². The Labute approximate surface area is 243 Å². The van der Waals surface area contributed by atoms with Crippen molar-refractivity contribution in [2.24, 2.45) is 11.7 Å². The van der Waals surface area contributed by atoms with Crippen molar-refractivity contribution < 1.29 is 18.3 Å². The number of nitrogens with zero attached hydrogens (tertiary/aromatic N) is 5. The molecule has 1 aliphatic carbocycles. The molecule has 3 N–H and O–H groups in total. The minimum absolute atomic E-state index is 0.0586. The first-order chi connectivity index (χ1) is 20.2. The van der Waals surface area contributed by atoms with Crippen LogP contribution in [0.25, 0.3) is 16.8 Å². The number of nitrogens with two attached hydrogens (primary N) is 1. The second kappa shape index (κ2) is 12.9. The smallest absolute Gasteiger partial charge is 0.229 e. The molecule has 1 aliphatic rings. The largest absolute Gasteiger partial charge is 0.375 e. The molecule has 42 heavy (non-hydrogen) atoms. The van der Waals surface area contributed by atoms with E-state index in [2.05, 4.69) is 33.4 Å². The van der Waals surface area contributed by atoms with Crippen molar-refractivity contribution in [2.45, 2.75) is 70.8 Å². The summed E-state index contributed by atoms with van der Waals surface area (Å²) in [5.41, 5.74) is 9.30. The Bertz CT molecular complexity index is 1550. The first kappa shape index (κ1) is 29.5. The molecule has 0 radical (unpaired) electrons. The molecule has 0 aliphatic heterocycles. The number of hydrogen-bond donors (Lipinski definition) is 2. The summed E-state index contributed by atoms with van der Waals surface area (Å²) in [6.45, 7) is 6.33. The molecular formula is C31H35F2N7O2. The SMILES string of the molecule is CC(C)OCc1cc(F)c(-c2ccc3cnc(Nc4cnccc4[C@H]4C[C@@H](N)[C@@H](OCCC#N)[C@@H](C)C4)n3n2)c(F)c1. The average Bonchev–Trinajstić information content (AvgIpc) is 3.35. The topological polar surface area (TPSA) is 123 Å². The maximum atomic E-state index is 15.1. The molecule has 3 heterocycles. The highest BCUT2D eigenvalue weighted by Gasteiger charge is 2.35. The predicted octanol–water partition coefficient (Wildman–Crippen LogP) is 5.88. The van der Waals surface area contributed by atoms with E-state index in [1.165, 1.54) is 16.6 Å². The van der Waals surface area contributed by atoms with Gasteiger partial charge in [-0.25, -0.2) is 13.8 Å². The summed E-state index contributed by atoms with van der Waals surface area (Å²) in [4.78, 5) is 8.79. The van der Waals surface area contributed by atoms with Crippen molar-refractivity contribution in [3.63, 3.8) is 0 Å². The molecule has 11 heteroatoms. The van der Waals surface area contributed by atoms with Gasteiger partial charge in [0.25, 0.3) is 0 Å². The van der Waals surface area contributed by atoms with E-state index < -0.39 is 11.6 Å². The molecule has 0 bridgehead atoms. The summed E-state index contributed by atoms with van der Waals surface area (Å²) in [6.07, 6.45) is 6.84. The normalized spacial score (nSPS) is 20.6. The van der Waals surface area contributed by atoms with Crippen LogP contribution in [0.5, 0.6) is 0 Å². The number of hydrogen-bond acceptors (Lipinski definition) is 8. The number of anilines is 2. The molecule has 1 aromatic carbocycles. The molecule has 9 nitrogen and oxygen atoms in total. The van der Waals surface area contributed by atoms with Gasteiger partial charge >= 0.3 is 0 Å². The lowest BCUT2D eigenvalue weighted by molar-refractivity contribution is -0.0198. The lowest BCUT2D eigenvalue weighted by Crippen LogP contribution is -2.46. The van der Waals surface area contributed by atoms with Gasteiger partial charge in [0.15, 0.2) is 0 Å². The third-order valence-corrected chi connectivity index (χ3v) is 7.59. The van der Waals surface area contributed by atoms with Crippen molar-refractivity contribution in [2.75, 3.05) is 11.9 Å². The number of halogens is 2. The highest BCUT2D eigenvalue weighted by Crippen LogP contribution is 2.40. The van der Waals surface area contributed by atoms with Crippen LogP contribution in [0.4, 0.5) is 20.4 Å². The Kier molecular flexibility index (Phi) is 9.06. The lowest BCUT2D eigenvalue weighted by atomic mass is 9.74. The number of ether oxygens (including phenoxy) is 2. The third-order valence-electron chi connectivity index (χ3n) is 7.59. The van der Waals surface area contributed by atoms with E-state index >= 15 is 8.78 Å². The van der Waals surface area contributed by atoms with Gasteiger partial charge in [0.2, 0.25) is 5.95 Å². The Balaban J connectivity index is 1.40. The van der Waals surface area contributed by atoms with E-state index in [0.29, 0.717) is 36.5 Å². The Hall–Kier alpha value is -3.98. The van der Waals surface area contributed by atoms with Gasteiger partial charge in [-0.15, -0.1) is 0 Å². The average molecular weight is 576 g/mol. The standard InChI is InChI=1S/C31H35F2N7O2/c1-18(2)42-17-20-12-24(32)29(25(33)13-20)27-6-5-22-15-37-31(40(22)39-27)38-28-16-36-9-7-23(28)21-11-19(3)30(26(35)14-21)41-10-4-8-34/h5-7,9,12-13,15-16,18-19,21,26,30H,4,10-11,14,17,35H2,1-3H3,(H,37,38)/t19-,21+,26+,30-/m0/s1. The Morgan fingerprint density at radius 3 is 2.67 bits per heavy atom. The van der Waals surface area contributed by atoms with E-state index in [0.717, 1.165) is 17.7 Å². The summed E-state index contributed by atoms with van der Waals surface area (Å²) in [5, 5.41) is 16.7. The minimum Gasteiger partial charge on any atom is -0.375 e. The van der Waals surface area contributed by atoms with Crippen LogP contribution in [0, 0.1) is 28.9 Å². The molecule has 220 valence electrons. The highest BCUT2D eigenvalue weighted by atomic mass is 19.1. The van der Waals surface area contributed by atoms with Crippen molar-refractivity contribution in [1.82, 2.24) is 19.6 Å². The molecule has 1 fully saturated rings. The molecule has 4 atom stereocenters. The number of nitrogens with one attached hydrogen (secondary N) is 1. The summed E-state index contributed by atoms with van der Waals surface area (Å²) in [6, 6.07) is 9.73. The zero-order chi connectivity index (χ0) is 29.8. The zero-order valence-corrected chi connectivity index (χ0v) is 23.9. The van der Waals surface area contributed by atoms with E-state index in [1.54, 1.807) is 30.7 Å². The second-order valence-electron chi connectivity index (χ2n) is 11.1. The van der Waals surface area contributed by atoms with Crippen LogP contribution in [0.15, 0.2) is 48.9 Å². The molecule has 5 rings (SSSR count). The maximum absolute atomic E-state index is 15.1. The second-order valence-corrected chi connectivity index (χ2v) is 11.1. The summed E-state index contributed by atoms with van der Waals surface area (Å²) < 4.78 is 43.2. The number of benzene rings is 1. The van der Waals surface area contributed by atoms with Gasteiger partial charge in [0.1, 0.15) is 11.6 Å². The predicted molar refractivity (Wildman–Crippen MR) is 155 cm³/mol. The number of aromatic nitrogens is 4.